The normalized spacial score (nSPS) is 14.0. The molecule has 2 aromatic heterocycles. The molecular formula is C18H28N6O2. The molecule has 0 spiro atoms. The molecule has 1 N–H and O–H groups in total. The number of hydrogen-bond donors (Lipinski definition) is 1. The van der Waals surface area contributed by atoms with Crippen LogP contribution in [0.25, 0.3) is 0 Å². The van der Waals surface area contributed by atoms with Gasteiger partial charge in [-0.25, -0.2) is 9.78 Å². The maximum absolute atomic E-state index is 12.5. The van der Waals surface area contributed by atoms with E-state index in [9.17, 15) is 4.79 Å². The predicted molar refractivity (Wildman–Crippen MR) is 97.7 cm³/mol. The maximum Gasteiger partial charge on any atom is 0.318 e. The summed E-state index contributed by atoms with van der Waals surface area (Å²) in [5, 5.41) is 7.24. The van der Waals surface area contributed by atoms with Gasteiger partial charge in [-0.05, 0) is 0 Å². The van der Waals surface area contributed by atoms with Gasteiger partial charge in [-0.15, -0.1) is 0 Å². The molecule has 0 radical (unpaired) electrons. The number of amides is 2. The van der Waals surface area contributed by atoms with Crippen LogP contribution in [-0.4, -0.2) is 50.5 Å². The van der Waals surface area contributed by atoms with E-state index in [2.05, 4.69) is 35.9 Å². The number of carbonyl (C=O) groups is 1. The number of hydrogen-bond acceptors (Lipinski definition) is 4. The summed E-state index contributed by atoms with van der Waals surface area (Å²) in [4.78, 5) is 19.1. The average Bonchev–Trinajstić information content (AvgIpc) is 3.22. The van der Waals surface area contributed by atoms with Crippen molar-refractivity contribution in [2.24, 2.45) is 7.05 Å². The lowest BCUT2D eigenvalue weighted by Gasteiger charge is -2.26. The first kappa shape index (κ1) is 18.4. The van der Waals surface area contributed by atoms with Crippen molar-refractivity contribution >= 4 is 6.03 Å². The van der Waals surface area contributed by atoms with Crippen molar-refractivity contribution in [3.8, 4) is 0 Å². The molecule has 0 saturated carbocycles. The number of imidazole rings is 1. The van der Waals surface area contributed by atoms with Gasteiger partial charge >= 0.3 is 6.03 Å². The van der Waals surface area contributed by atoms with Crippen molar-refractivity contribution in [2.75, 3.05) is 20.3 Å². The molecule has 8 nitrogen and oxygen atoms in total. The minimum Gasteiger partial charge on any atom is -0.383 e. The van der Waals surface area contributed by atoms with E-state index in [1.165, 1.54) is 5.69 Å². The summed E-state index contributed by atoms with van der Waals surface area (Å²) in [5.74, 6) is 1.46. The zero-order chi connectivity index (χ0) is 18.7. The van der Waals surface area contributed by atoms with Crippen molar-refractivity contribution in [3.63, 3.8) is 0 Å². The third kappa shape index (κ3) is 3.90. The SMILES string of the molecule is COCCn1cc(CNC(=O)N2CCc3c(nc(C(C)C)n3C)C2)cn1. The summed E-state index contributed by atoms with van der Waals surface area (Å²) in [6.45, 7) is 7.35. The first-order chi connectivity index (χ1) is 12.5. The molecule has 0 saturated heterocycles. The Labute approximate surface area is 154 Å². The van der Waals surface area contributed by atoms with Crippen LogP contribution in [0.3, 0.4) is 0 Å². The molecule has 0 unspecified atom stereocenters. The molecule has 0 aliphatic carbocycles. The summed E-state index contributed by atoms with van der Waals surface area (Å²) < 4.78 is 9.04. The highest BCUT2D eigenvalue weighted by atomic mass is 16.5. The molecule has 26 heavy (non-hydrogen) atoms. The molecule has 3 heterocycles. The Kier molecular flexibility index (Phi) is 5.61. The lowest BCUT2D eigenvalue weighted by atomic mass is 10.1. The van der Waals surface area contributed by atoms with Crippen molar-refractivity contribution in [3.05, 3.63) is 35.2 Å². The molecule has 0 bridgehead atoms. The van der Waals surface area contributed by atoms with Crippen LogP contribution in [0.2, 0.25) is 0 Å². The van der Waals surface area contributed by atoms with Gasteiger partial charge in [-0.3, -0.25) is 4.68 Å². The Hall–Kier alpha value is -2.35. The number of fused-ring (bicyclic) bond motifs is 1. The van der Waals surface area contributed by atoms with Gasteiger partial charge in [-0.2, -0.15) is 5.10 Å². The standard InChI is InChI=1S/C18H28N6O2/c1-13(2)17-21-15-12-23(6-5-16(15)22(17)3)18(25)19-9-14-10-20-24(11-14)7-8-26-4/h10-11,13H,5-9,12H2,1-4H3,(H,19,25). The number of methoxy groups -OCH3 is 1. The van der Waals surface area contributed by atoms with Crippen LogP contribution >= 0.6 is 0 Å². The van der Waals surface area contributed by atoms with Crippen LogP contribution < -0.4 is 5.32 Å². The third-order valence-electron chi connectivity index (χ3n) is 4.75. The first-order valence-corrected chi connectivity index (χ1v) is 9.07. The van der Waals surface area contributed by atoms with Gasteiger partial charge in [0.25, 0.3) is 0 Å². The highest BCUT2D eigenvalue weighted by Gasteiger charge is 2.26. The van der Waals surface area contributed by atoms with Crippen LogP contribution in [-0.2, 0) is 37.8 Å². The minimum atomic E-state index is -0.0583. The Balaban J connectivity index is 1.56. The van der Waals surface area contributed by atoms with E-state index < -0.39 is 0 Å². The summed E-state index contributed by atoms with van der Waals surface area (Å²) in [5.41, 5.74) is 3.24. The molecule has 2 amide bonds. The number of nitrogens with one attached hydrogen (secondary N) is 1. The fraction of sp³-hybridized carbons (Fsp3) is 0.611. The fourth-order valence-corrected chi connectivity index (χ4v) is 3.33. The van der Waals surface area contributed by atoms with Crippen LogP contribution in [0.15, 0.2) is 12.4 Å². The summed E-state index contributed by atoms with van der Waals surface area (Å²) in [6, 6.07) is -0.0583. The van der Waals surface area contributed by atoms with Gasteiger partial charge < -0.3 is 19.5 Å². The number of aromatic nitrogens is 4. The highest BCUT2D eigenvalue weighted by Crippen LogP contribution is 2.23. The van der Waals surface area contributed by atoms with E-state index in [0.717, 1.165) is 23.5 Å². The Morgan fingerprint density at radius 1 is 1.42 bits per heavy atom. The summed E-state index contributed by atoms with van der Waals surface area (Å²) >= 11 is 0. The van der Waals surface area contributed by atoms with Crippen molar-refractivity contribution in [1.29, 1.82) is 0 Å². The van der Waals surface area contributed by atoms with E-state index in [1.54, 1.807) is 13.3 Å². The van der Waals surface area contributed by atoms with Gasteiger partial charge in [0, 0.05) is 57.0 Å². The molecule has 0 aromatic carbocycles. The van der Waals surface area contributed by atoms with Crippen LogP contribution in [0.1, 0.15) is 42.5 Å². The van der Waals surface area contributed by atoms with Gasteiger partial charge in [-0.1, -0.05) is 13.8 Å². The number of ether oxygens (including phenoxy) is 1. The third-order valence-corrected chi connectivity index (χ3v) is 4.75. The predicted octanol–water partition coefficient (Wildman–Crippen LogP) is 1.65. The number of nitrogens with zero attached hydrogens (tertiary/aromatic N) is 5. The number of rotatable bonds is 6. The fourth-order valence-electron chi connectivity index (χ4n) is 3.33. The average molecular weight is 360 g/mol. The minimum absolute atomic E-state index is 0.0583. The molecule has 1 aliphatic rings. The molecule has 3 rings (SSSR count). The monoisotopic (exact) mass is 360 g/mol. The Morgan fingerprint density at radius 3 is 2.96 bits per heavy atom. The van der Waals surface area contributed by atoms with Gasteiger partial charge in [0.1, 0.15) is 5.82 Å². The van der Waals surface area contributed by atoms with Gasteiger partial charge in [0.15, 0.2) is 0 Å². The van der Waals surface area contributed by atoms with Gasteiger partial charge in [0.2, 0.25) is 0 Å². The molecule has 8 heteroatoms. The largest absolute Gasteiger partial charge is 0.383 e. The number of carbonyl (C=O) groups excluding carboxylic acids is 1. The molecule has 2 aromatic rings. The zero-order valence-electron chi connectivity index (χ0n) is 16.0. The molecule has 0 atom stereocenters. The maximum atomic E-state index is 12.5. The van der Waals surface area contributed by atoms with Crippen LogP contribution in [0.4, 0.5) is 4.79 Å². The van der Waals surface area contributed by atoms with E-state index >= 15 is 0 Å². The second-order valence-corrected chi connectivity index (χ2v) is 7.01. The molecule has 0 fully saturated rings. The highest BCUT2D eigenvalue weighted by molar-refractivity contribution is 5.74. The van der Waals surface area contributed by atoms with Crippen molar-refractivity contribution < 1.29 is 9.53 Å². The lowest BCUT2D eigenvalue weighted by molar-refractivity contribution is 0.183. The first-order valence-electron chi connectivity index (χ1n) is 9.07. The Morgan fingerprint density at radius 2 is 2.23 bits per heavy atom. The van der Waals surface area contributed by atoms with Crippen molar-refractivity contribution in [1.82, 2.24) is 29.5 Å². The molecule has 142 valence electrons. The molecule has 1 aliphatic heterocycles. The topological polar surface area (TPSA) is 77.2 Å². The summed E-state index contributed by atoms with van der Waals surface area (Å²) in [7, 11) is 3.73. The van der Waals surface area contributed by atoms with E-state index in [-0.39, 0.29) is 6.03 Å². The second-order valence-electron chi connectivity index (χ2n) is 7.01. The lowest BCUT2D eigenvalue weighted by Crippen LogP contribution is -2.42. The van der Waals surface area contributed by atoms with E-state index in [4.69, 9.17) is 9.72 Å². The van der Waals surface area contributed by atoms with Crippen LogP contribution in [0.5, 0.6) is 0 Å². The van der Waals surface area contributed by atoms with E-state index in [1.807, 2.05) is 15.8 Å². The number of urea groups is 1. The van der Waals surface area contributed by atoms with E-state index in [0.29, 0.717) is 38.7 Å². The smallest absolute Gasteiger partial charge is 0.318 e. The summed E-state index contributed by atoms with van der Waals surface area (Å²) in [6.07, 6.45) is 4.55. The zero-order valence-corrected chi connectivity index (χ0v) is 16.0. The van der Waals surface area contributed by atoms with Gasteiger partial charge in [0.05, 0.1) is 31.6 Å². The van der Waals surface area contributed by atoms with Crippen LogP contribution in [0, 0.1) is 0 Å². The quantitative estimate of drug-likeness (QED) is 0.850. The second kappa shape index (κ2) is 7.90. The van der Waals surface area contributed by atoms with Crippen molar-refractivity contribution in [2.45, 2.75) is 45.8 Å². The Bertz CT molecular complexity index is 764. The molecular weight excluding hydrogens is 332 g/mol.